The van der Waals surface area contributed by atoms with Crippen LogP contribution in [0.25, 0.3) is 0 Å². The SMILES string of the molecule is CC1=CC=C(OCCCc2ccccc2OCCC2OC(C)[C@H](O)[C@@H](O)[C@H]2O)CC=C1. The number of benzene rings is 1. The molecular weight excluding hydrogens is 396 g/mol. The highest BCUT2D eigenvalue weighted by atomic mass is 16.5. The summed E-state index contributed by atoms with van der Waals surface area (Å²) in [5.41, 5.74) is 2.32. The molecule has 6 heteroatoms. The van der Waals surface area contributed by atoms with E-state index < -0.39 is 30.5 Å². The van der Waals surface area contributed by atoms with Crippen molar-refractivity contribution >= 4 is 0 Å². The second-order valence-electron chi connectivity index (χ2n) is 8.20. The van der Waals surface area contributed by atoms with E-state index in [-0.39, 0.29) is 0 Å². The van der Waals surface area contributed by atoms with Crippen LogP contribution in [-0.4, -0.2) is 59.1 Å². The van der Waals surface area contributed by atoms with Gasteiger partial charge >= 0.3 is 0 Å². The van der Waals surface area contributed by atoms with Crippen LogP contribution in [0, 0.1) is 0 Å². The Kier molecular flexibility index (Phi) is 8.72. The lowest BCUT2D eigenvalue weighted by Gasteiger charge is -2.39. The third-order valence-electron chi connectivity index (χ3n) is 5.69. The number of para-hydroxylation sites is 1. The maximum atomic E-state index is 10.1. The minimum absolute atomic E-state index is 0.343. The summed E-state index contributed by atoms with van der Waals surface area (Å²) in [4.78, 5) is 0. The summed E-state index contributed by atoms with van der Waals surface area (Å²) >= 11 is 0. The third kappa shape index (κ3) is 6.68. The fraction of sp³-hybridized carbons (Fsp3) is 0.520. The first-order valence-corrected chi connectivity index (χ1v) is 11.0. The van der Waals surface area contributed by atoms with Crippen molar-refractivity contribution in [3.05, 3.63) is 65.5 Å². The van der Waals surface area contributed by atoms with E-state index in [1.807, 2.05) is 30.3 Å². The minimum Gasteiger partial charge on any atom is -0.498 e. The molecule has 2 unspecified atom stereocenters. The summed E-state index contributed by atoms with van der Waals surface area (Å²) in [5, 5.41) is 29.9. The number of ether oxygens (including phenoxy) is 3. The van der Waals surface area contributed by atoms with E-state index >= 15 is 0 Å². The predicted octanol–water partition coefficient (Wildman–Crippen LogP) is 3.06. The van der Waals surface area contributed by atoms with Crippen molar-refractivity contribution in [2.24, 2.45) is 0 Å². The quantitative estimate of drug-likeness (QED) is 0.522. The van der Waals surface area contributed by atoms with Gasteiger partial charge in [-0.25, -0.2) is 0 Å². The van der Waals surface area contributed by atoms with Crippen molar-refractivity contribution in [2.45, 2.75) is 70.1 Å². The van der Waals surface area contributed by atoms with Gasteiger partial charge in [0.15, 0.2) is 0 Å². The Labute approximate surface area is 184 Å². The summed E-state index contributed by atoms with van der Waals surface area (Å²) in [6, 6.07) is 7.90. The zero-order valence-electron chi connectivity index (χ0n) is 18.3. The first-order chi connectivity index (χ1) is 15.0. The van der Waals surface area contributed by atoms with Crippen molar-refractivity contribution in [1.82, 2.24) is 0 Å². The second kappa shape index (κ2) is 11.5. The fourth-order valence-electron chi connectivity index (χ4n) is 3.79. The molecule has 0 bridgehead atoms. The molecule has 3 rings (SSSR count). The van der Waals surface area contributed by atoms with Gasteiger partial charge in [0.1, 0.15) is 24.1 Å². The molecule has 5 atom stereocenters. The molecular formula is C25H34O6. The van der Waals surface area contributed by atoms with Crippen molar-refractivity contribution in [2.75, 3.05) is 13.2 Å². The van der Waals surface area contributed by atoms with E-state index in [0.717, 1.165) is 36.3 Å². The van der Waals surface area contributed by atoms with Crippen LogP contribution in [0.1, 0.15) is 38.7 Å². The van der Waals surface area contributed by atoms with Gasteiger partial charge in [-0.2, -0.15) is 0 Å². The number of hydrogen-bond donors (Lipinski definition) is 3. The van der Waals surface area contributed by atoms with Crippen LogP contribution in [0.15, 0.2) is 59.9 Å². The molecule has 170 valence electrons. The molecule has 1 aliphatic carbocycles. The maximum absolute atomic E-state index is 10.1. The van der Waals surface area contributed by atoms with E-state index in [2.05, 4.69) is 25.2 Å². The highest BCUT2D eigenvalue weighted by molar-refractivity contribution is 5.33. The molecule has 1 aromatic rings. The van der Waals surface area contributed by atoms with E-state index in [4.69, 9.17) is 14.2 Å². The molecule has 1 fully saturated rings. The molecule has 6 nitrogen and oxygen atoms in total. The molecule has 1 heterocycles. The predicted molar refractivity (Wildman–Crippen MR) is 119 cm³/mol. The standard InChI is InChI=1S/C25H34O6/c1-17-7-5-10-20(13-12-17)29-15-6-9-19-8-3-4-11-21(19)30-16-14-22-24(27)25(28)23(26)18(2)31-22/h3-5,7-8,11-13,18,22-28H,6,9-10,14-16H2,1-2H3/t18?,22?,23-,24-,25+/m0/s1. The maximum Gasteiger partial charge on any atom is 0.122 e. The van der Waals surface area contributed by atoms with Gasteiger partial charge in [-0.05, 0) is 44.4 Å². The number of allylic oxidation sites excluding steroid dienone is 5. The zero-order chi connectivity index (χ0) is 22.2. The van der Waals surface area contributed by atoms with Crippen LogP contribution in [0.2, 0.25) is 0 Å². The number of aliphatic hydroxyl groups excluding tert-OH is 3. The van der Waals surface area contributed by atoms with Crippen molar-refractivity contribution in [1.29, 1.82) is 0 Å². The Morgan fingerprint density at radius 2 is 1.81 bits per heavy atom. The minimum atomic E-state index is -1.21. The number of hydrogen-bond acceptors (Lipinski definition) is 6. The largest absolute Gasteiger partial charge is 0.498 e. The zero-order valence-corrected chi connectivity index (χ0v) is 18.3. The first kappa shape index (κ1) is 23.5. The second-order valence-corrected chi connectivity index (χ2v) is 8.20. The molecule has 0 amide bonds. The monoisotopic (exact) mass is 430 g/mol. The average molecular weight is 431 g/mol. The lowest BCUT2D eigenvalue weighted by molar-refractivity contribution is -0.219. The first-order valence-electron chi connectivity index (χ1n) is 11.0. The summed E-state index contributed by atoms with van der Waals surface area (Å²) in [6.07, 6.45) is 6.71. The van der Waals surface area contributed by atoms with Crippen LogP contribution in [0.4, 0.5) is 0 Å². The van der Waals surface area contributed by atoms with Gasteiger partial charge in [0.2, 0.25) is 0 Å². The summed E-state index contributed by atoms with van der Waals surface area (Å²) in [6.45, 7) is 4.74. The lowest BCUT2D eigenvalue weighted by atomic mass is 9.94. The molecule has 0 aromatic heterocycles. The molecule has 31 heavy (non-hydrogen) atoms. The number of rotatable bonds is 9. The van der Waals surface area contributed by atoms with Gasteiger partial charge in [-0.15, -0.1) is 0 Å². The summed E-state index contributed by atoms with van der Waals surface area (Å²) in [5.74, 6) is 1.78. The fourth-order valence-corrected chi connectivity index (χ4v) is 3.79. The van der Waals surface area contributed by atoms with Crippen molar-refractivity contribution < 1.29 is 29.5 Å². The normalized spacial score (nSPS) is 28.5. The van der Waals surface area contributed by atoms with Crippen LogP contribution in [0.5, 0.6) is 5.75 Å². The summed E-state index contributed by atoms with van der Waals surface area (Å²) < 4.78 is 17.5. The molecule has 2 aliphatic rings. The van der Waals surface area contributed by atoms with E-state index in [1.165, 1.54) is 5.57 Å². The number of aliphatic hydroxyl groups is 3. The molecule has 0 radical (unpaired) electrons. The van der Waals surface area contributed by atoms with Crippen LogP contribution in [0.3, 0.4) is 0 Å². The topological polar surface area (TPSA) is 88.4 Å². The van der Waals surface area contributed by atoms with Crippen LogP contribution >= 0.6 is 0 Å². The smallest absolute Gasteiger partial charge is 0.122 e. The average Bonchev–Trinajstić information content (AvgIpc) is 2.98. The Morgan fingerprint density at radius 3 is 2.65 bits per heavy atom. The van der Waals surface area contributed by atoms with E-state index in [9.17, 15) is 15.3 Å². The van der Waals surface area contributed by atoms with Gasteiger partial charge in [0, 0.05) is 12.8 Å². The Balaban J connectivity index is 1.44. The van der Waals surface area contributed by atoms with Gasteiger partial charge in [-0.1, -0.05) is 42.0 Å². The Morgan fingerprint density at radius 1 is 1.00 bits per heavy atom. The summed E-state index contributed by atoms with van der Waals surface area (Å²) in [7, 11) is 0. The molecule has 1 aromatic carbocycles. The van der Waals surface area contributed by atoms with Gasteiger partial charge < -0.3 is 29.5 Å². The van der Waals surface area contributed by atoms with Gasteiger partial charge in [0.05, 0.1) is 31.2 Å². The highest BCUT2D eigenvalue weighted by Crippen LogP contribution is 2.25. The Bertz CT molecular complexity index is 799. The van der Waals surface area contributed by atoms with Crippen molar-refractivity contribution in [3.8, 4) is 5.75 Å². The van der Waals surface area contributed by atoms with Crippen LogP contribution in [-0.2, 0) is 15.9 Å². The lowest BCUT2D eigenvalue weighted by Crippen LogP contribution is -2.56. The Hall–Kier alpha value is -2.12. The molecule has 1 saturated heterocycles. The van der Waals surface area contributed by atoms with E-state index in [1.54, 1.807) is 6.92 Å². The number of aryl methyl sites for hydroxylation is 1. The third-order valence-corrected chi connectivity index (χ3v) is 5.69. The van der Waals surface area contributed by atoms with E-state index in [0.29, 0.717) is 19.6 Å². The van der Waals surface area contributed by atoms with Crippen LogP contribution < -0.4 is 4.74 Å². The van der Waals surface area contributed by atoms with Gasteiger partial charge in [0.25, 0.3) is 0 Å². The molecule has 0 spiro atoms. The molecule has 3 N–H and O–H groups in total. The van der Waals surface area contributed by atoms with Gasteiger partial charge in [-0.3, -0.25) is 0 Å². The molecule has 0 saturated carbocycles. The molecule has 1 aliphatic heterocycles. The highest BCUT2D eigenvalue weighted by Gasteiger charge is 2.41. The van der Waals surface area contributed by atoms with Crippen molar-refractivity contribution in [3.63, 3.8) is 0 Å².